The number of nitrogens with one attached hydrogen (secondary N) is 1. The lowest BCUT2D eigenvalue weighted by Gasteiger charge is -2.24. The Morgan fingerprint density at radius 1 is 1.47 bits per heavy atom. The Kier molecular flexibility index (Phi) is 3.06. The van der Waals surface area contributed by atoms with Crippen LogP contribution >= 0.6 is 0 Å². The van der Waals surface area contributed by atoms with Gasteiger partial charge in [0.05, 0.1) is 10.9 Å². The predicted molar refractivity (Wildman–Crippen MR) is 71.8 cm³/mol. The molecule has 5 heteroatoms. The first-order valence-corrected chi connectivity index (χ1v) is 6.54. The van der Waals surface area contributed by atoms with Crippen molar-refractivity contribution in [3.8, 4) is 0 Å². The quantitative estimate of drug-likeness (QED) is 0.847. The van der Waals surface area contributed by atoms with Gasteiger partial charge in [-0.15, -0.1) is 0 Å². The van der Waals surface area contributed by atoms with Gasteiger partial charge >= 0.3 is 0 Å². The summed E-state index contributed by atoms with van der Waals surface area (Å²) in [6.07, 6.45) is 2.11. The second kappa shape index (κ2) is 4.74. The topological polar surface area (TPSA) is 46.9 Å². The molecule has 1 aromatic carbocycles. The van der Waals surface area contributed by atoms with Gasteiger partial charge in [0.25, 0.3) is 5.56 Å². The molecule has 19 heavy (non-hydrogen) atoms. The zero-order valence-corrected chi connectivity index (χ0v) is 10.8. The third-order valence-electron chi connectivity index (χ3n) is 3.73. The van der Waals surface area contributed by atoms with Crippen LogP contribution in [0.4, 0.5) is 4.39 Å². The molecule has 0 aliphatic carbocycles. The summed E-state index contributed by atoms with van der Waals surface area (Å²) < 4.78 is 14.8. The molecular formula is C14H16FN3O. The Balaban J connectivity index is 2.18. The summed E-state index contributed by atoms with van der Waals surface area (Å²) in [5, 5.41) is 3.66. The number of aromatic nitrogens is 2. The standard InChI is InChI=1S/C14H16FN3O/c1-18-13(9-3-2-6-16-8-9)17-12-5-4-10(15)7-11(12)14(18)19/h4-5,7,9,16H,2-3,6,8H2,1H3/t9-/m1/s1. The predicted octanol–water partition coefficient (Wildman–Crippen LogP) is 1.54. The molecule has 1 saturated heterocycles. The molecule has 1 aliphatic rings. The summed E-state index contributed by atoms with van der Waals surface area (Å²) in [6, 6.07) is 4.18. The van der Waals surface area contributed by atoms with Crippen LogP contribution in [0, 0.1) is 5.82 Å². The van der Waals surface area contributed by atoms with Crippen LogP contribution < -0.4 is 10.9 Å². The molecule has 2 aromatic rings. The maximum Gasteiger partial charge on any atom is 0.261 e. The van der Waals surface area contributed by atoms with Gasteiger partial charge in [-0.2, -0.15) is 0 Å². The monoisotopic (exact) mass is 261 g/mol. The highest BCUT2D eigenvalue weighted by Crippen LogP contribution is 2.22. The molecule has 0 bridgehead atoms. The van der Waals surface area contributed by atoms with E-state index in [1.165, 1.54) is 12.1 Å². The molecule has 0 amide bonds. The second-order valence-electron chi connectivity index (χ2n) is 5.04. The summed E-state index contributed by atoms with van der Waals surface area (Å²) in [6.45, 7) is 1.86. The van der Waals surface area contributed by atoms with Gasteiger partial charge < -0.3 is 5.32 Å². The fraction of sp³-hybridized carbons (Fsp3) is 0.429. The third-order valence-corrected chi connectivity index (χ3v) is 3.73. The maximum atomic E-state index is 13.2. The van der Waals surface area contributed by atoms with Crippen molar-refractivity contribution in [2.24, 2.45) is 7.05 Å². The zero-order valence-electron chi connectivity index (χ0n) is 10.8. The highest BCUT2D eigenvalue weighted by atomic mass is 19.1. The van der Waals surface area contributed by atoms with Gasteiger partial charge in [-0.05, 0) is 37.6 Å². The average molecular weight is 261 g/mol. The van der Waals surface area contributed by atoms with Gasteiger partial charge in [-0.1, -0.05) is 0 Å². The van der Waals surface area contributed by atoms with E-state index in [9.17, 15) is 9.18 Å². The maximum absolute atomic E-state index is 13.2. The molecule has 1 atom stereocenters. The molecule has 100 valence electrons. The molecule has 0 spiro atoms. The largest absolute Gasteiger partial charge is 0.316 e. The van der Waals surface area contributed by atoms with Gasteiger partial charge in [-0.25, -0.2) is 9.37 Å². The molecule has 4 nitrogen and oxygen atoms in total. The molecule has 0 saturated carbocycles. The normalized spacial score (nSPS) is 19.8. The zero-order chi connectivity index (χ0) is 13.4. The molecule has 1 aliphatic heterocycles. The fourth-order valence-electron chi connectivity index (χ4n) is 2.70. The van der Waals surface area contributed by atoms with Crippen LogP contribution in [0.25, 0.3) is 10.9 Å². The van der Waals surface area contributed by atoms with Crippen LogP contribution in [0.1, 0.15) is 24.6 Å². The highest BCUT2D eigenvalue weighted by Gasteiger charge is 2.20. The van der Waals surface area contributed by atoms with Gasteiger partial charge in [0, 0.05) is 19.5 Å². The minimum atomic E-state index is -0.404. The van der Waals surface area contributed by atoms with E-state index in [0.717, 1.165) is 31.8 Å². The van der Waals surface area contributed by atoms with Crippen molar-refractivity contribution >= 4 is 10.9 Å². The van der Waals surface area contributed by atoms with Crippen molar-refractivity contribution in [2.75, 3.05) is 13.1 Å². The van der Waals surface area contributed by atoms with E-state index < -0.39 is 5.82 Å². The molecule has 1 fully saturated rings. The Bertz CT molecular complexity index is 674. The van der Waals surface area contributed by atoms with Crippen LogP contribution in [0.15, 0.2) is 23.0 Å². The SMILES string of the molecule is Cn1c([C@@H]2CCCNC2)nc2ccc(F)cc2c1=O. The van der Waals surface area contributed by atoms with Crippen molar-refractivity contribution in [3.63, 3.8) is 0 Å². The number of benzene rings is 1. The van der Waals surface area contributed by atoms with Crippen LogP contribution in [0.5, 0.6) is 0 Å². The van der Waals surface area contributed by atoms with Crippen molar-refractivity contribution in [3.05, 3.63) is 40.2 Å². The van der Waals surface area contributed by atoms with Crippen LogP contribution in [0.2, 0.25) is 0 Å². The second-order valence-corrected chi connectivity index (χ2v) is 5.04. The van der Waals surface area contributed by atoms with Crippen molar-refractivity contribution in [1.29, 1.82) is 0 Å². The number of piperidine rings is 1. The summed E-state index contributed by atoms with van der Waals surface area (Å²) >= 11 is 0. The smallest absolute Gasteiger partial charge is 0.261 e. The summed E-state index contributed by atoms with van der Waals surface area (Å²) in [5.74, 6) is 0.635. The lowest BCUT2D eigenvalue weighted by Crippen LogP contribution is -2.33. The van der Waals surface area contributed by atoms with Gasteiger partial charge in [0.1, 0.15) is 11.6 Å². The molecule has 3 rings (SSSR count). The molecule has 2 heterocycles. The molecule has 0 radical (unpaired) electrons. The first-order valence-electron chi connectivity index (χ1n) is 6.54. The summed E-state index contributed by atoms with van der Waals surface area (Å²) in [5.41, 5.74) is 0.398. The van der Waals surface area contributed by atoms with Crippen molar-refractivity contribution in [1.82, 2.24) is 14.9 Å². The first-order chi connectivity index (χ1) is 9.16. The molecule has 1 aromatic heterocycles. The molecule has 1 N–H and O–H groups in total. The van der Waals surface area contributed by atoms with Gasteiger partial charge in [-0.3, -0.25) is 9.36 Å². The first kappa shape index (κ1) is 12.3. The average Bonchev–Trinajstić information content (AvgIpc) is 2.44. The lowest BCUT2D eigenvalue weighted by atomic mass is 9.98. The summed E-state index contributed by atoms with van der Waals surface area (Å²) in [7, 11) is 1.71. The van der Waals surface area contributed by atoms with Crippen molar-refractivity contribution in [2.45, 2.75) is 18.8 Å². The number of rotatable bonds is 1. The van der Waals surface area contributed by atoms with E-state index in [0.29, 0.717) is 10.9 Å². The number of fused-ring (bicyclic) bond motifs is 1. The Labute approximate surface area is 110 Å². The van der Waals surface area contributed by atoms with Gasteiger partial charge in [0.15, 0.2) is 0 Å². The van der Waals surface area contributed by atoms with E-state index in [1.807, 2.05) is 0 Å². The molecular weight excluding hydrogens is 245 g/mol. The third kappa shape index (κ3) is 2.14. The number of halogens is 1. The van der Waals surface area contributed by atoms with E-state index in [2.05, 4.69) is 10.3 Å². The minimum absolute atomic E-state index is 0.176. The van der Waals surface area contributed by atoms with E-state index >= 15 is 0 Å². The minimum Gasteiger partial charge on any atom is -0.316 e. The van der Waals surface area contributed by atoms with Gasteiger partial charge in [0.2, 0.25) is 0 Å². The Hall–Kier alpha value is -1.75. The van der Waals surface area contributed by atoms with Crippen LogP contribution in [0.3, 0.4) is 0 Å². The van der Waals surface area contributed by atoms with E-state index in [-0.39, 0.29) is 11.5 Å². The number of nitrogens with zero attached hydrogens (tertiary/aromatic N) is 2. The molecule has 0 unspecified atom stereocenters. The lowest BCUT2D eigenvalue weighted by molar-refractivity contribution is 0.434. The fourth-order valence-corrected chi connectivity index (χ4v) is 2.70. The van der Waals surface area contributed by atoms with E-state index in [4.69, 9.17) is 0 Å². The number of hydrogen-bond acceptors (Lipinski definition) is 3. The van der Waals surface area contributed by atoms with E-state index in [1.54, 1.807) is 17.7 Å². The summed E-state index contributed by atoms with van der Waals surface area (Å²) in [4.78, 5) is 16.8. The van der Waals surface area contributed by atoms with Crippen LogP contribution in [-0.4, -0.2) is 22.6 Å². The van der Waals surface area contributed by atoms with Crippen LogP contribution in [-0.2, 0) is 7.05 Å². The number of hydrogen-bond donors (Lipinski definition) is 1. The highest BCUT2D eigenvalue weighted by molar-refractivity contribution is 5.77. The van der Waals surface area contributed by atoms with Crippen molar-refractivity contribution < 1.29 is 4.39 Å². The Morgan fingerprint density at radius 3 is 3.05 bits per heavy atom. The Morgan fingerprint density at radius 2 is 2.32 bits per heavy atom.